The highest BCUT2D eigenvalue weighted by molar-refractivity contribution is 7.12. The summed E-state index contributed by atoms with van der Waals surface area (Å²) in [7, 11) is 0. The van der Waals surface area contributed by atoms with Crippen LogP contribution in [0, 0.1) is 18.7 Å². The summed E-state index contributed by atoms with van der Waals surface area (Å²) in [5.74, 6) is 0.735. The Morgan fingerprint density at radius 1 is 1.41 bits per heavy atom. The highest BCUT2D eigenvalue weighted by Crippen LogP contribution is 2.25. The average Bonchev–Trinajstić information content (AvgIpc) is 3.31. The molecule has 1 atom stereocenters. The van der Waals surface area contributed by atoms with Crippen molar-refractivity contribution in [3.8, 4) is 11.4 Å². The molecule has 7 heteroatoms. The first-order chi connectivity index (χ1) is 13.1. The lowest BCUT2D eigenvalue weighted by Gasteiger charge is -2.31. The molecule has 3 aromatic rings. The molecule has 0 saturated carbocycles. The number of halogens is 1. The van der Waals surface area contributed by atoms with E-state index in [-0.39, 0.29) is 23.5 Å². The molecule has 4 rings (SSSR count). The zero-order valence-corrected chi connectivity index (χ0v) is 15.8. The lowest BCUT2D eigenvalue weighted by atomic mass is 9.94. The van der Waals surface area contributed by atoms with Gasteiger partial charge in [-0.3, -0.25) is 4.79 Å². The molecule has 1 saturated heterocycles. The van der Waals surface area contributed by atoms with Gasteiger partial charge >= 0.3 is 0 Å². The molecule has 1 aliphatic heterocycles. The molecule has 0 spiro atoms. The second-order valence-electron chi connectivity index (χ2n) is 6.94. The fourth-order valence-electron chi connectivity index (χ4n) is 3.45. The van der Waals surface area contributed by atoms with Crippen LogP contribution in [0.4, 0.5) is 4.39 Å². The average molecular weight is 385 g/mol. The monoisotopic (exact) mass is 385 g/mol. The Labute approximate surface area is 160 Å². The molecule has 0 radical (unpaired) electrons. The Kier molecular flexibility index (Phi) is 5.03. The molecule has 1 amide bonds. The Hall–Kier alpha value is -2.54. The second kappa shape index (κ2) is 7.60. The van der Waals surface area contributed by atoms with Crippen LogP contribution in [-0.2, 0) is 6.42 Å². The van der Waals surface area contributed by atoms with E-state index in [1.807, 2.05) is 23.3 Å². The van der Waals surface area contributed by atoms with Crippen LogP contribution < -0.4 is 0 Å². The Morgan fingerprint density at radius 3 is 3.04 bits per heavy atom. The number of aryl methyl sites for hydroxylation is 1. The summed E-state index contributed by atoms with van der Waals surface area (Å²) in [4.78, 5) is 19.7. The van der Waals surface area contributed by atoms with Crippen LogP contribution in [0.5, 0.6) is 0 Å². The minimum absolute atomic E-state index is 0.0929. The van der Waals surface area contributed by atoms with Gasteiger partial charge in [0, 0.05) is 19.5 Å². The first-order valence-electron chi connectivity index (χ1n) is 9.02. The van der Waals surface area contributed by atoms with Crippen LogP contribution in [0.25, 0.3) is 11.4 Å². The van der Waals surface area contributed by atoms with Crippen LogP contribution in [0.3, 0.4) is 0 Å². The van der Waals surface area contributed by atoms with E-state index < -0.39 is 0 Å². The number of piperidine rings is 1. The molecule has 1 aromatic carbocycles. The van der Waals surface area contributed by atoms with E-state index in [9.17, 15) is 9.18 Å². The first kappa shape index (κ1) is 17.9. The number of rotatable bonds is 4. The lowest BCUT2D eigenvalue weighted by Crippen LogP contribution is -2.40. The molecular formula is C20H20FN3O2S. The van der Waals surface area contributed by atoms with Gasteiger partial charge in [-0.05, 0) is 54.8 Å². The fraction of sp³-hybridized carbons (Fsp3) is 0.350. The van der Waals surface area contributed by atoms with Crippen LogP contribution in [0.15, 0.2) is 40.2 Å². The van der Waals surface area contributed by atoms with Crippen molar-refractivity contribution in [1.29, 1.82) is 0 Å². The zero-order chi connectivity index (χ0) is 18.8. The number of carbonyl (C=O) groups is 1. The van der Waals surface area contributed by atoms with E-state index in [1.54, 1.807) is 18.2 Å². The summed E-state index contributed by atoms with van der Waals surface area (Å²) in [5.41, 5.74) is 1.45. The van der Waals surface area contributed by atoms with Crippen molar-refractivity contribution in [2.45, 2.75) is 26.2 Å². The third-order valence-corrected chi connectivity index (χ3v) is 5.83. The van der Waals surface area contributed by atoms with Crippen molar-refractivity contribution in [2.75, 3.05) is 13.1 Å². The van der Waals surface area contributed by atoms with Gasteiger partial charge in [0.05, 0.1) is 10.4 Å². The molecule has 2 aromatic heterocycles. The second-order valence-corrected chi connectivity index (χ2v) is 7.85. The molecule has 27 heavy (non-hydrogen) atoms. The smallest absolute Gasteiger partial charge is 0.263 e. The molecule has 0 N–H and O–H groups in total. The normalized spacial score (nSPS) is 17.3. The minimum atomic E-state index is -0.370. The number of carbonyl (C=O) groups excluding carboxylic acids is 1. The maximum atomic E-state index is 13.9. The van der Waals surface area contributed by atoms with Crippen LogP contribution in [0.1, 0.15) is 34.0 Å². The van der Waals surface area contributed by atoms with E-state index in [4.69, 9.17) is 4.52 Å². The zero-order valence-electron chi connectivity index (χ0n) is 15.0. The van der Waals surface area contributed by atoms with E-state index in [2.05, 4.69) is 10.1 Å². The predicted octanol–water partition coefficient (Wildman–Crippen LogP) is 4.34. The summed E-state index contributed by atoms with van der Waals surface area (Å²) in [6.07, 6.45) is 2.55. The van der Waals surface area contributed by atoms with E-state index in [0.717, 1.165) is 29.8 Å². The van der Waals surface area contributed by atoms with E-state index in [1.165, 1.54) is 17.4 Å². The predicted molar refractivity (Wildman–Crippen MR) is 101 cm³/mol. The summed E-state index contributed by atoms with van der Waals surface area (Å²) in [5, 5.41) is 5.91. The lowest BCUT2D eigenvalue weighted by molar-refractivity contribution is 0.0673. The molecule has 0 bridgehead atoms. The number of hydrogen-bond donors (Lipinski definition) is 0. The maximum absolute atomic E-state index is 13.9. The van der Waals surface area contributed by atoms with Gasteiger partial charge in [0.2, 0.25) is 11.7 Å². The fourth-order valence-corrected chi connectivity index (χ4v) is 4.32. The van der Waals surface area contributed by atoms with Crippen molar-refractivity contribution >= 4 is 17.2 Å². The number of benzene rings is 1. The summed E-state index contributed by atoms with van der Waals surface area (Å²) >= 11 is 1.49. The van der Waals surface area contributed by atoms with Crippen molar-refractivity contribution in [2.24, 2.45) is 5.92 Å². The number of amides is 1. The number of aromatic nitrogens is 2. The molecule has 1 fully saturated rings. The van der Waals surface area contributed by atoms with Crippen LogP contribution >= 0.6 is 11.3 Å². The topological polar surface area (TPSA) is 59.2 Å². The van der Waals surface area contributed by atoms with Gasteiger partial charge in [-0.15, -0.1) is 11.3 Å². The number of thiophene rings is 1. The molecular weight excluding hydrogens is 365 g/mol. The van der Waals surface area contributed by atoms with Gasteiger partial charge in [-0.2, -0.15) is 4.98 Å². The maximum Gasteiger partial charge on any atom is 0.263 e. The molecule has 1 aliphatic rings. The molecule has 140 valence electrons. The number of likely N-dealkylation sites (tertiary alicyclic amines) is 1. The van der Waals surface area contributed by atoms with E-state index in [0.29, 0.717) is 24.4 Å². The minimum Gasteiger partial charge on any atom is -0.339 e. The molecule has 0 aliphatic carbocycles. The third kappa shape index (κ3) is 3.93. The van der Waals surface area contributed by atoms with Gasteiger partial charge in [-0.1, -0.05) is 17.3 Å². The van der Waals surface area contributed by atoms with Gasteiger partial charge in [0.1, 0.15) is 5.82 Å². The van der Waals surface area contributed by atoms with Crippen molar-refractivity contribution in [3.05, 3.63) is 57.9 Å². The highest BCUT2D eigenvalue weighted by atomic mass is 32.1. The number of nitrogens with zero attached hydrogens (tertiary/aromatic N) is 3. The van der Waals surface area contributed by atoms with Crippen molar-refractivity contribution in [1.82, 2.24) is 15.0 Å². The molecule has 5 nitrogen and oxygen atoms in total. The molecule has 3 heterocycles. The summed E-state index contributed by atoms with van der Waals surface area (Å²) < 4.78 is 19.2. The summed E-state index contributed by atoms with van der Waals surface area (Å²) in [6, 6.07) is 8.32. The van der Waals surface area contributed by atoms with Crippen LogP contribution in [0.2, 0.25) is 0 Å². The Bertz CT molecular complexity index is 952. The highest BCUT2D eigenvalue weighted by Gasteiger charge is 2.27. The largest absolute Gasteiger partial charge is 0.339 e. The van der Waals surface area contributed by atoms with Crippen LogP contribution in [-0.4, -0.2) is 34.0 Å². The van der Waals surface area contributed by atoms with Gasteiger partial charge in [-0.25, -0.2) is 4.39 Å². The number of hydrogen-bond acceptors (Lipinski definition) is 5. The summed E-state index contributed by atoms with van der Waals surface area (Å²) in [6.45, 7) is 3.44. The van der Waals surface area contributed by atoms with Gasteiger partial charge in [0.15, 0.2) is 0 Å². The van der Waals surface area contributed by atoms with Crippen molar-refractivity contribution < 1.29 is 13.7 Å². The van der Waals surface area contributed by atoms with Gasteiger partial charge in [0.25, 0.3) is 5.91 Å². The van der Waals surface area contributed by atoms with E-state index >= 15 is 0 Å². The Balaban J connectivity index is 1.43. The Morgan fingerprint density at radius 2 is 2.26 bits per heavy atom. The molecule has 1 unspecified atom stereocenters. The first-order valence-corrected chi connectivity index (χ1v) is 9.90. The standard InChI is InChI=1S/C20H20FN3O2S/c1-13-9-17(27-12-13)20(25)24-8-4-5-14(11-24)10-18-22-19(23-26-18)15-6-2-3-7-16(15)21/h2-3,6-7,9,12,14H,4-5,8,10-11H2,1H3. The quantitative estimate of drug-likeness (QED) is 0.670. The third-order valence-electron chi connectivity index (χ3n) is 4.79. The van der Waals surface area contributed by atoms with Crippen molar-refractivity contribution in [3.63, 3.8) is 0 Å². The SMILES string of the molecule is Cc1csc(C(=O)N2CCCC(Cc3nc(-c4ccccc4F)no3)C2)c1. The van der Waals surface area contributed by atoms with Gasteiger partial charge < -0.3 is 9.42 Å².